The Hall–Kier alpha value is -4.20. The lowest BCUT2D eigenvalue weighted by Crippen LogP contribution is -2.42. The van der Waals surface area contributed by atoms with Crippen LogP contribution in [0.1, 0.15) is 21.5 Å². The maximum atomic E-state index is 13.2. The van der Waals surface area contributed by atoms with Gasteiger partial charge in [-0.1, -0.05) is 94.0 Å². The fourth-order valence-electron chi connectivity index (χ4n) is 4.40. The van der Waals surface area contributed by atoms with Crippen LogP contribution in [0.15, 0.2) is 112 Å². The van der Waals surface area contributed by atoms with E-state index in [9.17, 15) is 23.1 Å². The quantitative estimate of drug-likeness (QED) is 0.134. The molecular formula is C32H27BrN4O5S2. The number of nitrogens with two attached hydrogens (primary N) is 1. The molecule has 1 atom stereocenters. The van der Waals surface area contributed by atoms with Crippen LogP contribution in [0.5, 0.6) is 0 Å². The predicted octanol–water partition coefficient (Wildman–Crippen LogP) is 5.92. The number of sulfonamides is 1. The van der Waals surface area contributed by atoms with Crippen LogP contribution >= 0.6 is 27.3 Å². The second-order valence-electron chi connectivity index (χ2n) is 9.79. The van der Waals surface area contributed by atoms with E-state index in [4.69, 9.17) is 10.7 Å². The molecule has 5 rings (SSSR count). The van der Waals surface area contributed by atoms with Gasteiger partial charge in [0.1, 0.15) is 6.04 Å². The van der Waals surface area contributed by atoms with Crippen LogP contribution < -0.4 is 15.8 Å². The van der Waals surface area contributed by atoms with E-state index in [1.165, 1.54) is 35.6 Å². The second kappa shape index (κ2) is 13.6. The second-order valence-corrected chi connectivity index (χ2v) is 13.4. The van der Waals surface area contributed by atoms with Gasteiger partial charge < -0.3 is 10.8 Å². The van der Waals surface area contributed by atoms with Gasteiger partial charge in [0.25, 0.3) is 5.91 Å². The van der Waals surface area contributed by atoms with Gasteiger partial charge in [0.2, 0.25) is 10.0 Å². The maximum Gasteiger partial charge on any atom is 0.322 e. The van der Waals surface area contributed by atoms with Gasteiger partial charge in [0.05, 0.1) is 15.5 Å². The predicted molar refractivity (Wildman–Crippen MR) is 175 cm³/mol. The van der Waals surface area contributed by atoms with E-state index in [0.29, 0.717) is 22.9 Å². The molecule has 0 saturated carbocycles. The third-order valence-electron chi connectivity index (χ3n) is 6.72. The smallest absolute Gasteiger partial charge is 0.322 e. The zero-order chi connectivity index (χ0) is 31.3. The molecule has 0 spiro atoms. The van der Waals surface area contributed by atoms with Crippen LogP contribution in [0, 0.1) is 0 Å². The van der Waals surface area contributed by atoms with E-state index < -0.39 is 27.9 Å². The Balaban J connectivity index is 1.35. The van der Waals surface area contributed by atoms with E-state index >= 15 is 0 Å². The molecular weight excluding hydrogens is 664 g/mol. The highest BCUT2D eigenvalue weighted by atomic mass is 79.9. The van der Waals surface area contributed by atoms with Gasteiger partial charge in [-0.15, -0.1) is 0 Å². The molecule has 1 aromatic heterocycles. The summed E-state index contributed by atoms with van der Waals surface area (Å²) < 4.78 is 29.2. The van der Waals surface area contributed by atoms with Crippen molar-refractivity contribution in [3.8, 4) is 21.7 Å². The summed E-state index contributed by atoms with van der Waals surface area (Å²) >= 11 is 4.77. The average Bonchev–Trinajstić information content (AvgIpc) is 3.45. The first-order valence-corrected chi connectivity index (χ1v) is 16.5. The molecule has 1 amide bonds. The number of hydrogen-bond acceptors (Lipinski definition) is 7. The Bertz CT molecular complexity index is 1880. The Morgan fingerprint density at radius 3 is 2.11 bits per heavy atom. The topological polar surface area (TPSA) is 151 Å². The minimum Gasteiger partial charge on any atom is -0.480 e. The molecule has 0 saturated heterocycles. The number of aromatic nitrogens is 1. The molecule has 4 aromatic carbocycles. The van der Waals surface area contributed by atoms with Gasteiger partial charge in [0, 0.05) is 22.1 Å². The number of nitrogens with one attached hydrogen (secondary N) is 2. The molecule has 0 aliphatic heterocycles. The summed E-state index contributed by atoms with van der Waals surface area (Å²) in [6, 6.07) is 28.2. The first kappa shape index (κ1) is 31.2. The fourth-order valence-corrected chi connectivity index (χ4v) is 6.85. The summed E-state index contributed by atoms with van der Waals surface area (Å²) in [5.41, 5.74) is 10.1. The molecule has 12 heteroatoms. The summed E-state index contributed by atoms with van der Waals surface area (Å²) in [6.07, 6.45) is -0.0227. The number of hydrogen-bond donors (Lipinski definition) is 4. The molecule has 5 aromatic rings. The van der Waals surface area contributed by atoms with Crippen LogP contribution in [-0.4, -0.2) is 36.4 Å². The molecule has 0 radical (unpaired) electrons. The number of benzene rings is 4. The fraction of sp³-hybridized carbons (Fsp3) is 0.0938. The molecule has 5 N–H and O–H groups in total. The van der Waals surface area contributed by atoms with E-state index in [1.807, 2.05) is 48.5 Å². The van der Waals surface area contributed by atoms with Crippen molar-refractivity contribution < 1.29 is 23.1 Å². The molecule has 0 bridgehead atoms. The highest BCUT2D eigenvalue weighted by molar-refractivity contribution is 9.10. The van der Waals surface area contributed by atoms with Crippen LogP contribution in [0.4, 0.5) is 5.13 Å². The molecule has 0 fully saturated rings. The molecule has 1 heterocycles. The third kappa shape index (κ3) is 7.47. The number of halogens is 1. The molecule has 224 valence electrons. The molecule has 44 heavy (non-hydrogen) atoms. The van der Waals surface area contributed by atoms with Crippen molar-refractivity contribution >= 4 is 54.3 Å². The summed E-state index contributed by atoms with van der Waals surface area (Å²) in [6.45, 7) is 0.424. The van der Waals surface area contributed by atoms with Crippen LogP contribution in [0.3, 0.4) is 0 Å². The largest absolute Gasteiger partial charge is 0.480 e. The highest BCUT2D eigenvalue weighted by Crippen LogP contribution is 2.39. The van der Waals surface area contributed by atoms with Gasteiger partial charge in [-0.05, 0) is 59.5 Å². The Kier molecular flexibility index (Phi) is 9.67. The number of anilines is 1. The number of carboxylic acid groups (broad SMARTS) is 1. The minimum absolute atomic E-state index is 0.0227. The van der Waals surface area contributed by atoms with Crippen molar-refractivity contribution in [2.24, 2.45) is 5.73 Å². The Morgan fingerprint density at radius 2 is 1.50 bits per heavy atom. The van der Waals surface area contributed by atoms with Gasteiger partial charge in [-0.3, -0.25) is 14.9 Å². The normalized spacial score (nSPS) is 12.0. The summed E-state index contributed by atoms with van der Waals surface area (Å²) in [4.78, 5) is 30.4. The van der Waals surface area contributed by atoms with Crippen molar-refractivity contribution in [1.82, 2.24) is 9.71 Å². The SMILES string of the molecule is NCc1ccc(-c2sc(NC(=O)c3ccc(S(=O)(=O)N[C@@H](Cc4ccccc4)C(=O)O)cc3)nc2-c2ccc(Br)cc2)cc1. The van der Waals surface area contributed by atoms with Crippen molar-refractivity contribution in [3.05, 3.63) is 124 Å². The lowest BCUT2D eigenvalue weighted by Gasteiger charge is -2.15. The van der Waals surface area contributed by atoms with E-state index in [-0.39, 0.29) is 16.9 Å². The summed E-state index contributed by atoms with van der Waals surface area (Å²) in [5.74, 6) is -1.77. The first-order chi connectivity index (χ1) is 21.1. The van der Waals surface area contributed by atoms with Gasteiger partial charge in [-0.2, -0.15) is 4.72 Å². The van der Waals surface area contributed by atoms with Crippen molar-refractivity contribution in [3.63, 3.8) is 0 Å². The minimum atomic E-state index is -4.18. The summed E-state index contributed by atoms with van der Waals surface area (Å²) in [7, 11) is -4.18. The number of rotatable bonds is 11. The van der Waals surface area contributed by atoms with Crippen LogP contribution in [0.25, 0.3) is 21.7 Å². The lowest BCUT2D eigenvalue weighted by atomic mass is 10.1. The molecule has 0 aliphatic carbocycles. The zero-order valence-corrected chi connectivity index (χ0v) is 26.3. The number of nitrogens with zero attached hydrogens (tertiary/aromatic N) is 1. The maximum absolute atomic E-state index is 13.2. The monoisotopic (exact) mass is 690 g/mol. The Morgan fingerprint density at radius 1 is 0.864 bits per heavy atom. The third-order valence-corrected chi connectivity index (χ3v) is 9.76. The summed E-state index contributed by atoms with van der Waals surface area (Å²) in [5, 5.41) is 12.8. The zero-order valence-electron chi connectivity index (χ0n) is 23.1. The lowest BCUT2D eigenvalue weighted by molar-refractivity contribution is -0.138. The van der Waals surface area contributed by atoms with E-state index in [2.05, 4.69) is 26.0 Å². The number of amides is 1. The molecule has 0 unspecified atom stereocenters. The highest BCUT2D eigenvalue weighted by Gasteiger charge is 2.26. The number of carboxylic acids is 1. The molecule has 9 nitrogen and oxygen atoms in total. The average molecular weight is 692 g/mol. The number of thiazole rings is 1. The van der Waals surface area contributed by atoms with E-state index in [1.54, 1.807) is 30.3 Å². The van der Waals surface area contributed by atoms with Crippen molar-refractivity contribution in [1.29, 1.82) is 0 Å². The molecule has 0 aliphatic rings. The van der Waals surface area contributed by atoms with Crippen LogP contribution in [-0.2, 0) is 27.8 Å². The Labute approximate surface area is 267 Å². The first-order valence-electron chi connectivity index (χ1n) is 13.4. The number of carbonyl (C=O) groups is 2. The van der Waals surface area contributed by atoms with Crippen molar-refractivity contribution in [2.45, 2.75) is 23.9 Å². The van der Waals surface area contributed by atoms with Gasteiger partial charge in [0.15, 0.2) is 5.13 Å². The van der Waals surface area contributed by atoms with Crippen LogP contribution in [0.2, 0.25) is 0 Å². The van der Waals surface area contributed by atoms with Crippen molar-refractivity contribution in [2.75, 3.05) is 5.32 Å². The number of carbonyl (C=O) groups excluding carboxylic acids is 1. The van der Waals surface area contributed by atoms with E-state index in [0.717, 1.165) is 26.0 Å². The number of aliphatic carboxylic acids is 1. The standard InChI is InChI=1S/C32H27BrN4O5S2/c33-25-14-10-22(11-15-25)28-29(23-8-6-21(19-34)7-9-23)43-32(35-28)36-30(38)24-12-16-26(17-13-24)44(41,42)37-27(31(39)40)18-20-4-2-1-3-5-20/h1-17,27,37H,18-19,34H2,(H,39,40)(H,35,36,38)/t27-/m0/s1. The van der Waals surface area contributed by atoms with Gasteiger partial charge >= 0.3 is 5.97 Å². The van der Waals surface area contributed by atoms with Gasteiger partial charge in [-0.25, -0.2) is 13.4 Å².